The topological polar surface area (TPSA) is 61.4 Å². The average molecular weight is 268 g/mol. The summed E-state index contributed by atoms with van der Waals surface area (Å²) in [6, 6.07) is 0.339. The molecule has 2 unspecified atom stereocenters. The van der Waals surface area contributed by atoms with E-state index in [4.69, 9.17) is 0 Å². The highest BCUT2D eigenvalue weighted by atomic mass is 16.3. The van der Waals surface area contributed by atoms with Crippen molar-refractivity contribution in [3.05, 3.63) is 0 Å². The van der Waals surface area contributed by atoms with Gasteiger partial charge in [0.15, 0.2) is 0 Å². The van der Waals surface area contributed by atoms with E-state index in [0.29, 0.717) is 18.5 Å². The highest BCUT2D eigenvalue weighted by molar-refractivity contribution is 5.74. The minimum atomic E-state index is -0.162. The maximum Gasteiger partial charge on any atom is 0.315 e. The molecular formula is C15H28N2O2. The van der Waals surface area contributed by atoms with Gasteiger partial charge in [0.05, 0.1) is 6.10 Å². The molecule has 4 nitrogen and oxygen atoms in total. The minimum absolute atomic E-state index is 0.0213. The molecule has 2 aliphatic carbocycles. The molecule has 2 fully saturated rings. The third-order valence-corrected chi connectivity index (χ3v) is 4.50. The Morgan fingerprint density at radius 2 is 1.74 bits per heavy atom. The summed E-state index contributed by atoms with van der Waals surface area (Å²) < 4.78 is 0. The fourth-order valence-electron chi connectivity index (χ4n) is 3.35. The molecular weight excluding hydrogens is 240 g/mol. The zero-order valence-corrected chi connectivity index (χ0v) is 11.9. The first-order valence-electron chi connectivity index (χ1n) is 7.96. The molecule has 0 radical (unpaired) electrons. The van der Waals surface area contributed by atoms with Crippen LogP contribution in [0.15, 0.2) is 0 Å². The smallest absolute Gasteiger partial charge is 0.315 e. The maximum absolute atomic E-state index is 11.9. The Morgan fingerprint density at radius 3 is 2.42 bits per heavy atom. The van der Waals surface area contributed by atoms with Crippen LogP contribution in [0.2, 0.25) is 0 Å². The Kier molecular flexibility index (Phi) is 5.95. The molecule has 2 rings (SSSR count). The van der Waals surface area contributed by atoms with Gasteiger partial charge in [-0.15, -0.1) is 0 Å². The Bertz CT molecular complexity index is 275. The highest BCUT2D eigenvalue weighted by Crippen LogP contribution is 2.23. The maximum atomic E-state index is 11.9. The van der Waals surface area contributed by atoms with Crippen molar-refractivity contribution in [1.82, 2.24) is 10.6 Å². The summed E-state index contributed by atoms with van der Waals surface area (Å²) in [6.45, 7) is 0.704. The lowest BCUT2D eigenvalue weighted by molar-refractivity contribution is 0.101. The van der Waals surface area contributed by atoms with E-state index in [-0.39, 0.29) is 12.1 Å². The van der Waals surface area contributed by atoms with Gasteiger partial charge in [-0.25, -0.2) is 4.79 Å². The van der Waals surface area contributed by atoms with Gasteiger partial charge < -0.3 is 15.7 Å². The van der Waals surface area contributed by atoms with E-state index in [2.05, 4.69) is 10.6 Å². The van der Waals surface area contributed by atoms with E-state index < -0.39 is 0 Å². The molecule has 2 amide bonds. The van der Waals surface area contributed by atoms with Crippen molar-refractivity contribution >= 4 is 6.03 Å². The van der Waals surface area contributed by atoms with Crippen LogP contribution in [0.25, 0.3) is 0 Å². The van der Waals surface area contributed by atoms with Crippen LogP contribution in [0, 0.1) is 5.92 Å². The van der Waals surface area contributed by atoms with Crippen molar-refractivity contribution in [2.24, 2.45) is 5.92 Å². The van der Waals surface area contributed by atoms with E-state index in [9.17, 15) is 9.90 Å². The first-order valence-corrected chi connectivity index (χ1v) is 7.96. The first kappa shape index (κ1) is 14.6. The lowest BCUT2D eigenvalue weighted by Gasteiger charge is -2.26. The fourth-order valence-corrected chi connectivity index (χ4v) is 3.35. The van der Waals surface area contributed by atoms with Crippen LogP contribution in [-0.4, -0.2) is 29.8 Å². The minimum Gasteiger partial charge on any atom is -0.393 e. The summed E-state index contributed by atoms with van der Waals surface area (Å²) >= 11 is 0. The average Bonchev–Trinajstić information content (AvgIpc) is 2.65. The molecule has 0 aromatic heterocycles. The zero-order valence-electron chi connectivity index (χ0n) is 11.9. The van der Waals surface area contributed by atoms with E-state index in [1.807, 2.05) is 0 Å². The predicted octanol–water partition coefficient (Wildman–Crippen LogP) is 2.56. The molecule has 2 atom stereocenters. The third kappa shape index (κ3) is 5.39. The lowest BCUT2D eigenvalue weighted by Crippen LogP contribution is -2.44. The van der Waals surface area contributed by atoms with Crippen LogP contribution in [0.4, 0.5) is 4.79 Å². The summed E-state index contributed by atoms with van der Waals surface area (Å²) in [4.78, 5) is 11.9. The molecule has 110 valence electrons. The van der Waals surface area contributed by atoms with Gasteiger partial charge in [0.2, 0.25) is 0 Å². The molecule has 0 aromatic rings. The second-order valence-corrected chi connectivity index (χ2v) is 6.23. The Balaban J connectivity index is 1.63. The third-order valence-electron chi connectivity index (χ3n) is 4.50. The summed E-state index contributed by atoms with van der Waals surface area (Å²) in [5, 5.41) is 15.7. The van der Waals surface area contributed by atoms with Gasteiger partial charge in [-0.2, -0.15) is 0 Å². The van der Waals surface area contributed by atoms with Crippen LogP contribution in [-0.2, 0) is 0 Å². The lowest BCUT2D eigenvalue weighted by atomic mass is 9.87. The van der Waals surface area contributed by atoms with Gasteiger partial charge in [-0.1, -0.05) is 32.1 Å². The number of carbonyl (C=O) groups is 1. The molecule has 0 heterocycles. The van der Waals surface area contributed by atoms with E-state index >= 15 is 0 Å². The van der Waals surface area contributed by atoms with Gasteiger partial charge in [0.25, 0.3) is 0 Å². The molecule has 2 saturated carbocycles. The zero-order chi connectivity index (χ0) is 13.5. The number of hydrogen-bond donors (Lipinski definition) is 3. The number of hydrogen-bond acceptors (Lipinski definition) is 2. The Labute approximate surface area is 116 Å². The van der Waals surface area contributed by atoms with Gasteiger partial charge in [0.1, 0.15) is 0 Å². The molecule has 19 heavy (non-hydrogen) atoms. The van der Waals surface area contributed by atoms with Crippen molar-refractivity contribution in [3.8, 4) is 0 Å². The number of nitrogens with one attached hydrogen (secondary N) is 2. The standard InChI is InChI=1S/C15H28N2O2/c18-14-9-5-6-12(10-14)11-16-15(19)17-13-7-3-1-2-4-8-13/h12-14,18H,1-11H2,(H2,16,17,19). The molecule has 0 aliphatic heterocycles. The molecule has 0 saturated heterocycles. The van der Waals surface area contributed by atoms with Crippen LogP contribution in [0.1, 0.15) is 64.2 Å². The second kappa shape index (κ2) is 7.73. The van der Waals surface area contributed by atoms with Crippen molar-refractivity contribution in [3.63, 3.8) is 0 Å². The Hall–Kier alpha value is -0.770. The molecule has 0 spiro atoms. The molecule has 0 aromatic carbocycles. The van der Waals surface area contributed by atoms with Crippen molar-refractivity contribution in [1.29, 1.82) is 0 Å². The van der Waals surface area contributed by atoms with Crippen LogP contribution in [0.5, 0.6) is 0 Å². The molecule has 3 N–H and O–H groups in total. The highest BCUT2D eigenvalue weighted by Gasteiger charge is 2.21. The number of urea groups is 1. The summed E-state index contributed by atoms with van der Waals surface area (Å²) in [5.41, 5.74) is 0. The Morgan fingerprint density at radius 1 is 1.00 bits per heavy atom. The number of rotatable bonds is 3. The van der Waals surface area contributed by atoms with Crippen LogP contribution >= 0.6 is 0 Å². The van der Waals surface area contributed by atoms with Crippen LogP contribution in [0.3, 0.4) is 0 Å². The van der Waals surface area contributed by atoms with Gasteiger partial charge in [-0.05, 0) is 38.0 Å². The summed E-state index contributed by atoms with van der Waals surface area (Å²) in [5.74, 6) is 0.448. The summed E-state index contributed by atoms with van der Waals surface area (Å²) in [6.07, 6.45) is 11.1. The second-order valence-electron chi connectivity index (χ2n) is 6.23. The van der Waals surface area contributed by atoms with E-state index in [1.165, 1.54) is 25.7 Å². The van der Waals surface area contributed by atoms with Gasteiger partial charge >= 0.3 is 6.03 Å². The largest absolute Gasteiger partial charge is 0.393 e. The number of carbonyl (C=O) groups excluding carboxylic acids is 1. The van der Waals surface area contributed by atoms with Crippen LogP contribution < -0.4 is 10.6 Å². The fraction of sp³-hybridized carbons (Fsp3) is 0.933. The van der Waals surface area contributed by atoms with Gasteiger partial charge in [0, 0.05) is 12.6 Å². The van der Waals surface area contributed by atoms with Crippen molar-refractivity contribution < 1.29 is 9.90 Å². The molecule has 4 heteroatoms. The van der Waals surface area contributed by atoms with E-state index in [0.717, 1.165) is 38.5 Å². The SMILES string of the molecule is O=C(NCC1CCCC(O)C1)NC1CCCCCC1. The molecule has 2 aliphatic rings. The predicted molar refractivity (Wildman–Crippen MR) is 76.0 cm³/mol. The van der Waals surface area contributed by atoms with Crippen molar-refractivity contribution in [2.45, 2.75) is 76.4 Å². The quantitative estimate of drug-likeness (QED) is 0.689. The number of aliphatic hydroxyl groups is 1. The molecule has 0 bridgehead atoms. The normalized spacial score (nSPS) is 29.5. The first-order chi connectivity index (χ1) is 9.24. The van der Waals surface area contributed by atoms with Crippen molar-refractivity contribution in [2.75, 3.05) is 6.54 Å². The monoisotopic (exact) mass is 268 g/mol. The summed E-state index contributed by atoms with van der Waals surface area (Å²) in [7, 11) is 0. The number of amides is 2. The van der Waals surface area contributed by atoms with Gasteiger partial charge in [-0.3, -0.25) is 0 Å². The number of aliphatic hydroxyl groups excluding tert-OH is 1. The van der Waals surface area contributed by atoms with E-state index in [1.54, 1.807) is 0 Å².